The van der Waals surface area contributed by atoms with Crippen LogP contribution in [0.25, 0.3) is 0 Å². The molecule has 0 N–H and O–H groups in total. The monoisotopic (exact) mass is 346 g/mol. The molecular weight excluding hydrogens is 328 g/mol. The molecule has 1 aromatic rings. The normalized spacial score (nSPS) is 12.3. The summed E-state index contributed by atoms with van der Waals surface area (Å²) < 4.78 is 54.3. The Balaban J connectivity index is 3.22. The number of ether oxygens (including phenoxy) is 1. The Morgan fingerprint density at radius 1 is 1.18 bits per heavy atom. The van der Waals surface area contributed by atoms with Crippen molar-refractivity contribution >= 4 is 19.9 Å². The van der Waals surface area contributed by atoms with Crippen molar-refractivity contribution in [1.29, 1.82) is 5.26 Å². The zero-order valence-corrected chi connectivity index (χ0v) is 14.0. The molecule has 9 heteroatoms. The number of sulfonamides is 1. The van der Waals surface area contributed by atoms with E-state index in [0.29, 0.717) is 0 Å². The number of benzene rings is 1. The minimum Gasteiger partial charge on any atom is -0.383 e. The molecule has 22 heavy (non-hydrogen) atoms. The zero-order chi connectivity index (χ0) is 16.8. The summed E-state index contributed by atoms with van der Waals surface area (Å²) in [6.45, 7) is 0.283. The Morgan fingerprint density at radius 2 is 1.82 bits per heavy atom. The average Bonchev–Trinajstić information content (AvgIpc) is 2.46. The lowest BCUT2D eigenvalue weighted by Gasteiger charge is -2.21. The van der Waals surface area contributed by atoms with Gasteiger partial charge in [0.2, 0.25) is 10.0 Å². The number of rotatable bonds is 8. The highest BCUT2D eigenvalue weighted by atomic mass is 32.2. The summed E-state index contributed by atoms with van der Waals surface area (Å²) in [4.78, 5) is -0.190. The van der Waals surface area contributed by atoms with E-state index in [-0.39, 0.29) is 35.9 Å². The van der Waals surface area contributed by atoms with E-state index in [2.05, 4.69) is 0 Å². The average molecular weight is 346 g/mol. The van der Waals surface area contributed by atoms with Gasteiger partial charge in [-0.3, -0.25) is 0 Å². The van der Waals surface area contributed by atoms with Gasteiger partial charge in [0, 0.05) is 32.9 Å². The van der Waals surface area contributed by atoms with E-state index in [4.69, 9.17) is 10.00 Å². The third-order valence-electron chi connectivity index (χ3n) is 2.89. The highest BCUT2D eigenvalue weighted by molar-refractivity contribution is 7.91. The third-order valence-corrected chi connectivity index (χ3v) is 5.89. The first kappa shape index (κ1) is 18.6. The first-order valence-electron chi connectivity index (χ1n) is 6.39. The Labute approximate surface area is 131 Å². The maximum atomic E-state index is 12.6. The van der Waals surface area contributed by atoms with Gasteiger partial charge in [-0.1, -0.05) is 6.07 Å². The molecule has 1 aromatic carbocycles. The first-order chi connectivity index (χ1) is 10.2. The molecule has 0 aliphatic rings. The van der Waals surface area contributed by atoms with Gasteiger partial charge < -0.3 is 4.74 Å². The van der Waals surface area contributed by atoms with E-state index in [1.165, 1.54) is 25.3 Å². The van der Waals surface area contributed by atoms with Crippen molar-refractivity contribution < 1.29 is 21.6 Å². The predicted molar refractivity (Wildman–Crippen MR) is 80.4 cm³/mol. The maximum Gasteiger partial charge on any atom is 0.243 e. The Hall–Kier alpha value is -1.47. The van der Waals surface area contributed by atoms with E-state index >= 15 is 0 Å². The van der Waals surface area contributed by atoms with E-state index in [1.807, 2.05) is 6.07 Å². The van der Waals surface area contributed by atoms with E-state index in [0.717, 1.165) is 16.6 Å². The lowest BCUT2D eigenvalue weighted by atomic mass is 10.4. The van der Waals surface area contributed by atoms with Crippen LogP contribution in [0.3, 0.4) is 0 Å². The van der Waals surface area contributed by atoms with Gasteiger partial charge in [0.15, 0.2) is 9.84 Å². The van der Waals surface area contributed by atoms with Crippen LogP contribution in [-0.2, 0) is 24.6 Å². The van der Waals surface area contributed by atoms with Gasteiger partial charge in [0.25, 0.3) is 0 Å². The second-order valence-corrected chi connectivity index (χ2v) is 8.51. The standard InChI is InChI=1S/C13H18N2O5S2/c1-20-10-9-15(8-4-7-14)22(18,19)13-6-3-5-12(11-13)21(2,16)17/h3,5-6,11H,4,8-10H2,1-2H3. The van der Waals surface area contributed by atoms with Gasteiger partial charge in [-0.25, -0.2) is 16.8 Å². The van der Waals surface area contributed by atoms with Crippen molar-refractivity contribution in [1.82, 2.24) is 4.31 Å². The Bertz CT molecular complexity index is 751. The van der Waals surface area contributed by atoms with Crippen LogP contribution in [0, 0.1) is 11.3 Å². The van der Waals surface area contributed by atoms with Gasteiger partial charge in [-0.2, -0.15) is 9.57 Å². The van der Waals surface area contributed by atoms with Crippen molar-refractivity contribution in [2.45, 2.75) is 16.2 Å². The highest BCUT2D eigenvalue weighted by Gasteiger charge is 2.25. The predicted octanol–water partition coefficient (Wildman–Crippen LogP) is 0.641. The highest BCUT2D eigenvalue weighted by Crippen LogP contribution is 2.19. The summed E-state index contributed by atoms with van der Waals surface area (Å²) >= 11 is 0. The molecule has 0 aromatic heterocycles. The number of methoxy groups -OCH3 is 1. The molecule has 0 bridgehead atoms. The van der Waals surface area contributed by atoms with Crippen LogP contribution < -0.4 is 0 Å². The molecule has 0 unspecified atom stereocenters. The summed E-state index contributed by atoms with van der Waals surface area (Å²) in [5.41, 5.74) is 0. The fourth-order valence-corrected chi connectivity index (χ4v) is 3.95. The molecule has 122 valence electrons. The third kappa shape index (κ3) is 4.78. The SMILES string of the molecule is COCCN(CCC#N)S(=O)(=O)c1cccc(S(C)(=O)=O)c1. The fraction of sp³-hybridized carbons (Fsp3) is 0.462. The number of hydrogen-bond donors (Lipinski definition) is 0. The number of nitriles is 1. The molecule has 0 fully saturated rings. The van der Waals surface area contributed by atoms with Crippen molar-refractivity contribution in [3.8, 4) is 6.07 Å². The molecule has 0 heterocycles. The van der Waals surface area contributed by atoms with Crippen LogP contribution in [0.15, 0.2) is 34.1 Å². The molecule has 0 saturated heterocycles. The van der Waals surface area contributed by atoms with Gasteiger partial charge in [-0.05, 0) is 18.2 Å². The van der Waals surface area contributed by atoms with Crippen LogP contribution in [0.2, 0.25) is 0 Å². The van der Waals surface area contributed by atoms with E-state index in [1.54, 1.807) is 0 Å². The van der Waals surface area contributed by atoms with Crippen LogP contribution >= 0.6 is 0 Å². The van der Waals surface area contributed by atoms with Crippen molar-refractivity contribution in [3.63, 3.8) is 0 Å². The quantitative estimate of drug-likeness (QED) is 0.684. The Morgan fingerprint density at radius 3 is 2.36 bits per heavy atom. The largest absolute Gasteiger partial charge is 0.383 e. The van der Waals surface area contributed by atoms with Crippen LogP contribution in [0.4, 0.5) is 0 Å². The summed E-state index contributed by atoms with van der Waals surface area (Å²) in [6.07, 6.45) is 1.05. The van der Waals surface area contributed by atoms with Gasteiger partial charge in [0.1, 0.15) is 0 Å². The molecule has 0 amide bonds. The zero-order valence-electron chi connectivity index (χ0n) is 12.4. The molecular formula is C13H18N2O5S2. The van der Waals surface area contributed by atoms with Crippen LogP contribution in [0.1, 0.15) is 6.42 Å². The second-order valence-electron chi connectivity index (χ2n) is 4.55. The minimum absolute atomic E-state index is 0.0191. The molecule has 0 atom stereocenters. The number of nitrogens with zero attached hydrogens (tertiary/aromatic N) is 2. The fourth-order valence-electron chi connectivity index (χ4n) is 1.73. The summed E-state index contributed by atoms with van der Waals surface area (Å²) in [6, 6.07) is 7.06. The number of hydrogen-bond acceptors (Lipinski definition) is 6. The minimum atomic E-state index is -3.89. The number of sulfone groups is 1. The van der Waals surface area contributed by atoms with E-state index in [9.17, 15) is 16.8 Å². The van der Waals surface area contributed by atoms with Crippen molar-refractivity contribution in [2.24, 2.45) is 0 Å². The van der Waals surface area contributed by atoms with Gasteiger partial charge in [-0.15, -0.1) is 0 Å². The molecule has 7 nitrogen and oxygen atoms in total. The lowest BCUT2D eigenvalue weighted by Crippen LogP contribution is -2.34. The molecule has 0 saturated carbocycles. The van der Waals surface area contributed by atoms with Gasteiger partial charge >= 0.3 is 0 Å². The summed E-state index contributed by atoms with van der Waals surface area (Å²) in [7, 11) is -5.95. The Kier molecular flexibility index (Phi) is 6.49. The smallest absolute Gasteiger partial charge is 0.243 e. The molecule has 0 radical (unpaired) electrons. The molecule has 1 rings (SSSR count). The molecule has 0 aliphatic heterocycles. The first-order valence-corrected chi connectivity index (χ1v) is 9.73. The van der Waals surface area contributed by atoms with Crippen LogP contribution in [-0.4, -0.2) is 54.2 Å². The maximum absolute atomic E-state index is 12.6. The van der Waals surface area contributed by atoms with Crippen LogP contribution in [0.5, 0.6) is 0 Å². The lowest BCUT2D eigenvalue weighted by molar-refractivity contribution is 0.179. The summed E-state index contributed by atoms with van der Waals surface area (Å²) in [5, 5.41) is 8.65. The molecule has 0 aliphatic carbocycles. The topological polar surface area (TPSA) is 105 Å². The van der Waals surface area contributed by atoms with Crippen molar-refractivity contribution in [2.75, 3.05) is 33.1 Å². The second kappa shape index (κ2) is 7.69. The van der Waals surface area contributed by atoms with Gasteiger partial charge in [0.05, 0.1) is 22.5 Å². The van der Waals surface area contributed by atoms with Crippen molar-refractivity contribution in [3.05, 3.63) is 24.3 Å². The summed E-state index contributed by atoms with van der Waals surface area (Å²) in [5.74, 6) is 0. The molecule has 0 spiro atoms. The van der Waals surface area contributed by atoms with E-state index < -0.39 is 19.9 Å².